The quantitative estimate of drug-likeness (QED) is 0.724. The summed E-state index contributed by atoms with van der Waals surface area (Å²) in [6, 6.07) is 14.5. The van der Waals surface area contributed by atoms with Crippen LogP contribution in [0.1, 0.15) is 18.9 Å². The zero-order valence-electron chi connectivity index (χ0n) is 11.9. The molecule has 1 heterocycles. The van der Waals surface area contributed by atoms with E-state index in [1.165, 1.54) is 10.8 Å². The van der Waals surface area contributed by atoms with Crippen LogP contribution < -0.4 is 0 Å². The SMILES string of the molecule is CCOC(=O)CC=Cc1ccc2[nH]c3ccccc3c2c1. The summed E-state index contributed by atoms with van der Waals surface area (Å²) >= 11 is 0. The number of hydrogen-bond acceptors (Lipinski definition) is 2. The Morgan fingerprint density at radius 3 is 2.81 bits per heavy atom. The van der Waals surface area contributed by atoms with Gasteiger partial charge in [0.05, 0.1) is 13.0 Å². The maximum Gasteiger partial charge on any atom is 0.309 e. The number of hydrogen-bond donors (Lipinski definition) is 1. The monoisotopic (exact) mass is 279 g/mol. The molecule has 0 spiro atoms. The van der Waals surface area contributed by atoms with Gasteiger partial charge in [0.15, 0.2) is 0 Å². The van der Waals surface area contributed by atoms with E-state index in [-0.39, 0.29) is 5.97 Å². The molecule has 3 aromatic rings. The van der Waals surface area contributed by atoms with Crippen molar-refractivity contribution in [2.24, 2.45) is 0 Å². The van der Waals surface area contributed by atoms with Crippen molar-refractivity contribution in [3.8, 4) is 0 Å². The predicted molar refractivity (Wildman–Crippen MR) is 86.1 cm³/mol. The molecule has 0 saturated carbocycles. The van der Waals surface area contributed by atoms with E-state index in [2.05, 4.69) is 29.2 Å². The van der Waals surface area contributed by atoms with E-state index in [0.717, 1.165) is 16.6 Å². The van der Waals surface area contributed by atoms with Crippen LogP contribution in [-0.2, 0) is 9.53 Å². The number of fused-ring (bicyclic) bond motifs is 3. The second kappa shape index (κ2) is 5.83. The Kier molecular flexibility index (Phi) is 3.73. The minimum atomic E-state index is -0.193. The van der Waals surface area contributed by atoms with Crippen molar-refractivity contribution in [1.82, 2.24) is 4.98 Å². The highest BCUT2D eigenvalue weighted by Crippen LogP contribution is 2.26. The number of H-pyrrole nitrogens is 1. The Morgan fingerprint density at radius 2 is 1.95 bits per heavy atom. The molecule has 3 nitrogen and oxygen atoms in total. The Labute approximate surface area is 123 Å². The molecule has 3 rings (SSSR count). The Bertz CT molecular complexity index is 814. The van der Waals surface area contributed by atoms with Crippen molar-refractivity contribution in [3.63, 3.8) is 0 Å². The minimum Gasteiger partial charge on any atom is -0.466 e. The zero-order chi connectivity index (χ0) is 14.7. The molecule has 0 aliphatic rings. The van der Waals surface area contributed by atoms with Gasteiger partial charge in [0.1, 0.15) is 0 Å². The number of esters is 1. The molecule has 0 aliphatic heterocycles. The summed E-state index contributed by atoms with van der Waals surface area (Å²) < 4.78 is 4.90. The van der Waals surface area contributed by atoms with Gasteiger partial charge in [-0.3, -0.25) is 4.79 Å². The number of carbonyl (C=O) groups is 1. The van der Waals surface area contributed by atoms with Gasteiger partial charge in [0.25, 0.3) is 0 Å². The first-order chi connectivity index (χ1) is 10.3. The molecule has 2 aromatic carbocycles. The van der Waals surface area contributed by atoms with Gasteiger partial charge in [-0.25, -0.2) is 0 Å². The van der Waals surface area contributed by atoms with Gasteiger partial charge >= 0.3 is 5.97 Å². The average Bonchev–Trinajstić information content (AvgIpc) is 2.86. The largest absolute Gasteiger partial charge is 0.466 e. The van der Waals surface area contributed by atoms with E-state index in [0.29, 0.717) is 13.0 Å². The smallest absolute Gasteiger partial charge is 0.309 e. The standard InChI is InChI=1S/C18H17NO2/c1-2-21-18(20)9-5-6-13-10-11-17-15(12-13)14-7-3-4-8-16(14)19-17/h3-8,10-12,19H,2,9H2,1H3. The molecule has 21 heavy (non-hydrogen) atoms. The Morgan fingerprint density at radius 1 is 1.14 bits per heavy atom. The van der Waals surface area contributed by atoms with Crippen molar-refractivity contribution < 1.29 is 9.53 Å². The predicted octanol–water partition coefficient (Wildman–Crippen LogP) is 4.29. The summed E-state index contributed by atoms with van der Waals surface area (Å²) in [5.41, 5.74) is 3.34. The first-order valence-electron chi connectivity index (χ1n) is 7.10. The maximum absolute atomic E-state index is 11.3. The fraction of sp³-hybridized carbons (Fsp3) is 0.167. The number of rotatable bonds is 4. The van der Waals surface area contributed by atoms with Gasteiger partial charge in [0.2, 0.25) is 0 Å². The van der Waals surface area contributed by atoms with Crippen LogP contribution in [0, 0.1) is 0 Å². The molecule has 0 radical (unpaired) electrons. The van der Waals surface area contributed by atoms with E-state index in [1.807, 2.05) is 37.3 Å². The van der Waals surface area contributed by atoms with E-state index in [9.17, 15) is 4.79 Å². The molecule has 106 valence electrons. The van der Waals surface area contributed by atoms with Crippen molar-refractivity contribution in [1.29, 1.82) is 0 Å². The first kappa shape index (κ1) is 13.4. The highest BCUT2D eigenvalue weighted by molar-refractivity contribution is 6.07. The fourth-order valence-electron chi connectivity index (χ4n) is 2.48. The third-order valence-electron chi connectivity index (χ3n) is 3.43. The van der Waals surface area contributed by atoms with Gasteiger partial charge in [-0.1, -0.05) is 36.4 Å². The molecule has 0 aliphatic carbocycles. The number of benzene rings is 2. The van der Waals surface area contributed by atoms with E-state index < -0.39 is 0 Å². The van der Waals surface area contributed by atoms with Gasteiger partial charge in [-0.15, -0.1) is 0 Å². The number of ether oxygens (including phenoxy) is 1. The molecule has 0 fully saturated rings. The van der Waals surface area contributed by atoms with Crippen LogP contribution in [0.2, 0.25) is 0 Å². The molecule has 1 N–H and O–H groups in total. The molecule has 0 saturated heterocycles. The third-order valence-corrected chi connectivity index (χ3v) is 3.43. The van der Waals surface area contributed by atoms with Crippen LogP contribution in [0.15, 0.2) is 48.5 Å². The topological polar surface area (TPSA) is 42.1 Å². The fourth-order valence-corrected chi connectivity index (χ4v) is 2.48. The maximum atomic E-state index is 11.3. The highest BCUT2D eigenvalue weighted by Gasteiger charge is 2.03. The Hall–Kier alpha value is -2.55. The lowest BCUT2D eigenvalue weighted by molar-refractivity contribution is -0.142. The normalized spacial score (nSPS) is 11.5. The van der Waals surface area contributed by atoms with Gasteiger partial charge < -0.3 is 9.72 Å². The van der Waals surface area contributed by atoms with Gasteiger partial charge in [0, 0.05) is 21.8 Å². The van der Waals surface area contributed by atoms with Crippen LogP contribution in [-0.4, -0.2) is 17.6 Å². The van der Waals surface area contributed by atoms with Crippen LogP contribution in [0.25, 0.3) is 27.9 Å². The van der Waals surface area contributed by atoms with Gasteiger partial charge in [-0.2, -0.15) is 0 Å². The molecule has 0 atom stereocenters. The van der Waals surface area contributed by atoms with Crippen LogP contribution in [0.5, 0.6) is 0 Å². The summed E-state index contributed by atoms with van der Waals surface area (Å²) in [7, 11) is 0. The molecular formula is C18H17NO2. The van der Waals surface area contributed by atoms with E-state index >= 15 is 0 Å². The van der Waals surface area contributed by atoms with Crippen molar-refractivity contribution in [3.05, 3.63) is 54.1 Å². The summed E-state index contributed by atoms with van der Waals surface area (Å²) in [6.45, 7) is 2.24. The third kappa shape index (κ3) is 2.82. The lowest BCUT2D eigenvalue weighted by Crippen LogP contribution is -2.01. The van der Waals surface area contributed by atoms with Crippen LogP contribution in [0.3, 0.4) is 0 Å². The van der Waals surface area contributed by atoms with Crippen LogP contribution in [0.4, 0.5) is 0 Å². The Balaban J connectivity index is 1.88. The summed E-state index contributed by atoms with van der Waals surface area (Å²) in [5.74, 6) is -0.193. The number of para-hydroxylation sites is 1. The summed E-state index contributed by atoms with van der Waals surface area (Å²) in [5, 5.41) is 2.41. The number of aromatic nitrogens is 1. The molecule has 0 bridgehead atoms. The molecule has 1 aromatic heterocycles. The number of nitrogens with one attached hydrogen (secondary N) is 1. The molecular weight excluding hydrogens is 262 g/mol. The minimum absolute atomic E-state index is 0.193. The van der Waals surface area contributed by atoms with E-state index in [4.69, 9.17) is 4.74 Å². The number of aromatic amines is 1. The highest BCUT2D eigenvalue weighted by atomic mass is 16.5. The lowest BCUT2D eigenvalue weighted by Gasteiger charge is -1.98. The second-order valence-electron chi connectivity index (χ2n) is 4.89. The lowest BCUT2D eigenvalue weighted by atomic mass is 10.1. The van der Waals surface area contributed by atoms with Crippen molar-refractivity contribution in [2.75, 3.05) is 6.61 Å². The second-order valence-corrected chi connectivity index (χ2v) is 4.89. The molecule has 0 unspecified atom stereocenters. The molecule has 0 amide bonds. The first-order valence-corrected chi connectivity index (χ1v) is 7.10. The average molecular weight is 279 g/mol. The summed E-state index contributed by atoms with van der Waals surface area (Å²) in [6.07, 6.45) is 4.10. The molecule has 3 heteroatoms. The van der Waals surface area contributed by atoms with Crippen molar-refractivity contribution >= 4 is 33.9 Å². The van der Waals surface area contributed by atoms with Gasteiger partial charge in [-0.05, 0) is 30.7 Å². The van der Waals surface area contributed by atoms with Crippen molar-refractivity contribution in [2.45, 2.75) is 13.3 Å². The van der Waals surface area contributed by atoms with Crippen LogP contribution >= 0.6 is 0 Å². The number of carbonyl (C=O) groups excluding carboxylic acids is 1. The zero-order valence-corrected chi connectivity index (χ0v) is 11.9. The van der Waals surface area contributed by atoms with E-state index in [1.54, 1.807) is 0 Å². The summed E-state index contributed by atoms with van der Waals surface area (Å²) in [4.78, 5) is 14.7.